The molecule has 0 N–H and O–H groups in total. The van der Waals surface area contributed by atoms with Crippen LogP contribution in [0.1, 0.15) is 32.1 Å². The van der Waals surface area contributed by atoms with E-state index in [1.807, 2.05) is 0 Å². The highest BCUT2D eigenvalue weighted by Crippen LogP contribution is 2.25. The van der Waals surface area contributed by atoms with Crippen molar-refractivity contribution in [3.8, 4) is 0 Å². The summed E-state index contributed by atoms with van der Waals surface area (Å²) in [5.74, 6) is 3.49. The zero-order valence-corrected chi connectivity index (χ0v) is 14.1. The number of hydrogen-bond acceptors (Lipinski definition) is 5. The zero-order chi connectivity index (χ0) is 12.4. The van der Waals surface area contributed by atoms with Gasteiger partial charge in [-0.15, -0.1) is 0 Å². The predicted octanol–water partition coefficient (Wildman–Crippen LogP) is 3.94. The maximum absolute atomic E-state index is 4.60. The Hall–Kier alpha value is 1.75. The Morgan fingerprint density at radius 3 is 1.31 bits per heavy atom. The summed E-state index contributed by atoms with van der Waals surface area (Å²) in [6, 6.07) is 0. The second-order valence-electron chi connectivity index (χ2n) is 4.18. The first kappa shape index (κ1) is 17.8. The van der Waals surface area contributed by atoms with Gasteiger partial charge in [0, 0.05) is 10.5 Å². The minimum Gasteiger partial charge on any atom is -0.179 e. The topological polar surface area (TPSA) is 0 Å². The number of thiol groups is 5. The summed E-state index contributed by atoms with van der Waals surface area (Å²) in [4.78, 5) is 0. The lowest BCUT2D eigenvalue weighted by Gasteiger charge is -2.22. The van der Waals surface area contributed by atoms with Gasteiger partial charge in [-0.05, 0) is 55.3 Å². The fraction of sp³-hybridized carbons (Fsp3) is 1.00. The van der Waals surface area contributed by atoms with Crippen molar-refractivity contribution in [1.82, 2.24) is 0 Å². The first-order valence-electron chi connectivity index (χ1n) is 5.82. The molecule has 0 bridgehead atoms. The first-order valence-corrected chi connectivity index (χ1v) is 8.75. The van der Waals surface area contributed by atoms with Crippen molar-refractivity contribution in [3.05, 3.63) is 0 Å². The molecule has 0 amide bonds. The van der Waals surface area contributed by atoms with Gasteiger partial charge in [0.2, 0.25) is 0 Å². The maximum Gasteiger partial charge on any atom is 0.00272 e. The van der Waals surface area contributed by atoms with Crippen LogP contribution in [0.4, 0.5) is 0 Å². The van der Waals surface area contributed by atoms with E-state index in [0.29, 0.717) is 16.4 Å². The van der Waals surface area contributed by atoms with Gasteiger partial charge in [-0.25, -0.2) is 0 Å². The van der Waals surface area contributed by atoms with Gasteiger partial charge in [-0.2, -0.15) is 63.1 Å². The lowest BCUT2D eigenvalue weighted by atomic mass is 9.93. The Bertz CT molecular complexity index is 139. The summed E-state index contributed by atoms with van der Waals surface area (Å²) in [5, 5.41) is 0.942. The molecule has 16 heavy (non-hydrogen) atoms. The highest BCUT2D eigenvalue weighted by molar-refractivity contribution is 7.82. The van der Waals surface area contributed by atoms with Crippen molar-refractivity contribution >= 4 is 63.1 Å². The van der Waals surface area contributed by atoms with E-state index in [9.17, 15) is 0 Å². The third-order valence-corrected chi connectivity index (χ3v) is 4.39. The van der Waals surface area contributed by atoms with Crippen LogP contribution >= 0.6 is 63.1 Å². The fourth-order valence-corrected chi connectivity index (χ4v) is 4.07. The molecule has 0 aliphatic rings. The summed E-state index contributed by atoms with van der Waals surface area (Å²) in [5.41, 5.74) is 0. The molecular formula is C11H24S5. The van der Waals surface area contributed by atoms with Crippen LogP contribution in [-0.2, 0) is 0 Å². The van der Waals surface area contributed by atoms with Gasteiger partial charge in [0.1, 0.15) is 0 Å². The Kier molecular flexibility index (Phi) is 13.1. The molecule has 0 aliphatic carbocycles. The second-order valence-corrected chi connectivity index (χ2v) is 6.98. The largest absolute Gasteiger partial charge is 0.179 e. The quantitative estimate of drug-likeness (QED) is 0.371. The van der Waals surface area contributed by atoms with Crippen LogP contribution in [0.5, 0.6) is 0 Å². The highest BCUT2D eigenvalue weighted by atomic mass is 32.1. The third kappa shape index (κ3) is 9.75. The van der Waals surface area contributed by atoms with Gasteiger partial charge in [0.25, 0.3) is 0 Å². The smallest absolute Gasteiger partial charge is 0.00272 e. The van der Waals surface area contributed by atoms with Gasteiger partial charge in [-0.1, -0.05) is 0 Å². The van der Waals surface area contributed by atoms with Gasteiger partial charge >= 0.3 is 0 Å². The molecule has 0 fully saturated rings. The summed E-state index contributed by atoms with van der Waals surface area (Å²) in [6.45, 7) is 0. The molecule has 0 aromatic heterocycles. The Morgan fingerprint density at radius 1 is 0.625 bits per heavy atom. The molecule has 2 unspecified atom stereocenters. The first-order chi connectivity index (χ1) is 7.63. The van der Waals surface area contributed by atoms with Crippen LogP contribution < -0.4 is 0 Å². The van der Waals surface area contributed by atoms with E-state index < -0.39 is 0 Å². The van der Waals surface area contributed by atoms with Crippen molar-refractivity contribution in [1.29, 1.82) is 0 Å². The lowest BCUT2D eigenvalue weighted by molar-refractivity contribution is 0.425. The van der Waals surface area contributed by atoms with Crippen molar-refractivity contribution in [2.45, 2.75) is 42.6 Å². The molecule has 0 heterocycles. The molecule has 0 saturated heterocycles. The normalized spacial score (nSPS) is 17.1. The average Bonchev–Trinajstić information content (AvgIpc) is 2.18. The molecule has 98 valence electrons. The van der Waals surface area contributed by atoms with Crippen LogP contribution in [0.25, 0.3) is 0 Å². The van der Waals surface area contributed by atoms with E-state index in [4.69, 9.17) is 0 Å². The van der Waals surface area contributed by atoms with Crippen molar-refractivity contribution in [3.63, 3.8) is 0 Å². The van der Waals surface area contributed by atoms with Gasteiger partial charge < -0.3 is 0 Å². The summed E-state index contributed by atoms with van der Waals surface area (Å²) < 4.78 is 0. The molecular weight excluding hydrogens is 292 g/mol. The van der Waals surface area contributed by atoms with Gasteiger partial charge in [0.15, 0.2) is 0 Å². The number of rotatable bonds is 10. The third-order valence-electron chi connectivity index (χ3n) is 2.67. The zero-order valence-electron chi connectivity index (χ0n) is 9.62. The standard InChI is InChI=1S/C11H24S5/c12-4-1-9(7-10(15)2-5-13)8-11(16)3-6-14/h9-16H,1-8H2. The van der Waals surface area contributed by atoms with Gasteiger partial charge in [0.05, 0.1) is 0 Å². The van der Waals surface area contributed by atoms with E-state index in [1.165, 1.54) is 0 Å². The Balaban J connectivity index is 3.94. The highest BCUT2D eigenvalue weighted by Gasteiger charge is 2.16. The summed E-state index contributed by atoms with van der Waals surface area (Å²) in [7, 11) is 0. The van der Waals surface area contributed by atoms with E-state index in [0.717, 1.165) is 49.4 Å². The van der Waals surface area contributed by atoms with Crippen LogP contribution in [0, 0.1) is 5.92 Å². The van der Waals surface area contributed by atoms with Crippen LogP contribution in [0.15, 0.2) is 0 Å². The Morgan fingerprint density at radius 2 is 1.00 bits per heavy atom. The Labute approximate surface area is 128 Å². The minimum absolute atomic E-state index is 0.471. The molecule has 2 atom stereocenters. The van der Waals surface area contributed by atoms with E-state index in [-0.39, 0.29) is 0 Å². The summed E-state index contributed by atoms with van der Waals surface area (Å²) in [6.07, 6.45) is 5.65. The van der Waals surface area contributed by atoms with Crippen LogP contribution in [0.3, 0.4) is 0 Å². The molecule has 0 nitrogen and oxygen atoms in total. The van der Waals surface area contributed by atoms with E-state index >= 15 is 0 Å². The van der Waals surface area contributed by atoms with Gasteiger partial charge in [-0.3, -0.25) is 0 Å². The molecule has 0 spiro atoms. The average molecular weight is 317 g/mol. The second kappa shape index (κ2) is 11.8. The maximum atomic E-state index is 4.60. The SMILES string of the molecule is SCCC(S)CC(CCS)CC(S)CCS. The van der Waals surface area contributed by atoms with Crippen molar-refractivity contribution in [2.24, 2.45) is 5.92 Å². The molecule has 5 heteroatoms. The predicted molar refractivity (Wildman–Crippen MR) is 93.7 cm³/mol. The molecule has 0 aromatic carbocycles. The summed E-state index contributed by atoms with van der Waals surface area (Å²) >= 11 is 22.0. The minimum atomic E-state index is 0.471. The molecule has 0 saturated carbocycles. The fourth-order valence-electron chi connectivity index (χ4n) is 1.82. The van der Waals surface area contributed by atoms with Crippen molar-refractivity contribution < 1.29 is 0 Å². The molecule has 0 aromatic rings. The molecule has 0 radical (unpaired) electrons. The number of hydrogen-bond donors (Lipinski definition) is 5. The van der Waals surface area contributed by atoms with E-state index in [2.05, 4.69) is 63.1 Å². The van der Waals surface area contributed by atoms with E-state index in [1.54, 1.807) is 0 Å². The monoisotopic (exact) mass is 316 g/mol. The lowest BCUT2D eigenvalue weighted by Crippen LogP contribution is -2.15. The van der Waals surface area contributed by atoms with Crippen LogP contribution in [0.2, 0.25) is 0 Å². The molecule has 0 aliphatic heterocycles. The molecule has 0 rings (SSSR count). The van der Waals surface area contributed by atoms with Crippen molar-refractivity contribution in [2.75, 3.05) is 17.3 Å². The van der Waals surface area contributed by atoms with Crippen LogP contribution in [-0.4, -0.2) is 27.8 Å².